The highest BCUT2D eigenvalue weighted by molar-refractivity contribution is 6.06. The molecule has 0 unspecified atom stereocenters. The first-order valence-corrected chi connectivity index (χ1v) is 11.1. The fraction of sp³-hybridized carbons (Fsp3) is 0.440. The van der Waals surface area contributed by atoms with Crippen molar-refractivity contribution < 1.29 is 14.3 Å². The Labute approximate surface area is 193 Å². The molecule has 1 aliphatic rings. The Balaban J connectivity index is 1.73. The van der Waals surface area contributed by atoms with Crippen LogP contribution in [0.5, 0.6) is 0 Å². The second-order valence-corrected chi connectivity index (χ2v) is 10.5. The molecule has 2 N–H and O–H groups in total. The SMILES string of the molecule is Cc1nc2cccc(-c3cc4c([nH]3)CCN(C(=O)OC(C)(C)C)C4=O)c2nc1NC(C)(C)C. The number of aromatic amines is 1. The molecule has 33 heavy (non-hydrogen) atoms. The second-order valence-electron chi connectivity index (χ2n) is 10.5. The molecule has 2 aromatic heterocycles. The molecule has 0 atom stereocenters. The number of benzene rings is 1. The van der Waals surface area contributed by atoms with Crippen LogP contribution in [0.2, 0.25) is 0 Å². The van der Waals surface area contributed by atoms with Crippen LogP contribution in [0.25, 0.3) is 22.3 Å². The van der Waals surface area contributed by atoms with Gasteiger partial charge in [0.05, 0.1) is 16.8 Å². The lowest BCUT2D eigenvalue weighted by Gasteiger charge is -2.28. The number of ether oxygens (including phenoxy) is 1. The zero-order valence-corrected chi connectivity index (χ0v) is 20.3. The Morgan fingerprint density at radius 3 is 2.52 bits per heavy atom. The molecular formula is C25H31N5O3. The molecule has 0 saturated heterocycles. The maximum Gasteiger partial charge on any atom is 0.417 e. The number of H-pyrrole nitrogens is 1. The number of imide groups is 1. The van der Waals surface area contributed by atoms with Gasteiger partial charge in [-0.25, -0.2) is 19.7 Å². The van der Waals surface area contributed by atoms with Gasteiger partial charge in [-0.15, -0.1) is 0 Å². The number of anilines is 1. The molecule has 0 fully saturated rings. The van der Waals surface area contributed by atoms with Gasteiger partial charge in [0.15, 0.2) is 0 Å². The normalized spacial score (nSPS) is 14.4. The molecule has 1 aromatic carbocycles. The molecule has 0 radical (unpaired) electrons. The van der Waals surface area contributed by atoms with Gasteiger partial charge in [0.2, 0.25) is 0 Å². The molecule has 1 aliphatic heterocycles. The number of carbonyl (C=O) groups excluding carboxylic acids is 2. The molecule has 8 nitrogen and oxygen atoms in total. The Hall–Kier alpha value is -3.42. The number of hydrogen-bond donors (Lipinski definition) is 2. The molecule has 3 heterocycles. The molecule has 0 aliphatic carbocycles. The van der Waals surface area contributed by atoms with Crippen LogP contribution in [0, 0.1) is 6.92 Å². The molecule has 8 heteroatoms. The summed E-state index contributed by atoms with van der Waals surface area (Å²) in [5.41, 5.74) is 4.41. The van der Waals surface area contributed by atoms with Crippen molar-refractivity contribution in [2.45, 2.75) is 66.0 Å². The Morgan fingerprint density at radius 1 is 1.12 bits per heavy atom. The van der Waals surface area contributed by atoms with E-state index >= 15 is 0 Å². The predicted octanol–water partition coefficient (Wildman–Crippen LogP) is 5.08. The van der Waals surface area contributed by atoms with Crippen molar-refractivity contribution in [3.05, 3.63) is 41.2 Å². The van der Waals surface area contributed by atoms with Crippen molar-refractivity contribution in [2.24, 2.45) is 0 Å². The molecule has 3 aromatic rings. The summed E-state index contributed by atoms with van der Waals surface area (Å²) in [6.45, 7) is 13.8. The van der Waals surface area contributed by atoms with Crippen LogP contribution >= 0.6 is 0 Å². The van der Waals surface area contributed by atoms with Gasteiger partial charge in [-0.2, -0.15) is 0 Å². The number of para-hydroxylation sites is 1. The van der Waals surface area contributed by atoms with Gasteiger partial charge < -0.3 is 15.0 Å². The fourth-order valence-electron chi connectivity index (χ4n) is 3.85. The van der Waals surface area contributed by atoms with E-state index in [0.29, 0.717) is 12.0 Å². The van der Waals surface area contributed by atoms with E-state index in [1.807, 2.05) is 25.1 Å². The second kappa shape index (κ2) is 7.86. The third kappa shape index (κ3) is 4.69. The number of amides is 2. The Kier molecular flexibility index (Phi) is 5.42. The van der Waals surface area contributed by atoms with Crippen molar-refractivity contribution in [3.63, 3.8) is 0 Å². The topological polar surface area (TPSA) is 100 Å². The van der Waals surface area contributed by atoms with Gasteiger partial charge in [-0.3, -0.25) is 4.79 Å². The Morgan fingerprint density at radius 2 is 1.85 bits per heavy atom. The number of hydrogen-bond acceptors (Lipinski definition) is 6. The van der Waals surface area contributed by atoms with Gasteiger partial charge in [0.25, 0.3) is 5.91 Å². The van der Waals surface area contributed by atoms with Crippen molar-refractivity contribution in [2.75, 3.05) is 11.9 Å². The monoisotopic (exact) mass is 449 g/mol. The van der Waals surface area contributed by atoms with E-state index in [2.05, 4.69) is 31.1 Å². The molecule has 0 saturated carbocycles. The smallest absolute Gasteiger partial charge is 0.417 e. The standard InChI is InChI=1S/C25H31N5O3/c1-14-21(29-24(2,3)4)28-20-15(9-8-10-18(20)26-14)19-13-16-17(27-19)11-12-30(22(16)31)23(32)33-25(5,6)7/h8-10,13,27H,11-12H2,1-7H3,(H,28,29). The minimum Gasteiger partial charge on any atom is -0.443 e. The maximum atomic E-state index is 13.1. The minimum atomic E-state index is -0.667. The summed E-state index contributed by atoms with van der Waals surface area (Å²) in [6.07, 6.45) is -0.0857. The highest BCUT2D eigenvalue weighted by Crippen LogP contribution is 2.32. The number of aromatic nitrogens is 3. The first-order chi connectivity index (χ1) is 15.3. The summed E-state index contributed by atoms with van der Waals surface area (Å²) in [6, 6.07) is 7.61. The van der Waals surface area contributed by atoms with E-state index in [1.54, 1.807) is 26.8 Å². The average Bonchev–Trinajstić information content (AvgIpc) is 3.11. The van der Waals surface area contributed by atoms with Crippen LogP contribution in [0.15, 0.2) is 24.3 Å². The number of nitrogens with zero attached hydrogens (tertiary/aromatic N) is 3. The lowest BCUT2D eigenvalue weighted by Crippen LogP contribution is -2.44. The molecular weight excluding hydrogens is 418 g/mol. The molecule has 0 bridgehead atoms. The van der Waals surface area contributed by atoms with E-state index in [9.17, 15) is 9.59 Å². The fourth-order valence-corrected chi connectivity index (χ4v) is 3.85. The molecule has 4 rings (SSSR count). The third-order valence-corrected chi connectivity index (χ3v) is 5.23. The summed E-state index contributed by atoms with van der Waals surface area (Å²) < 4.78 is 5.41. The molecule has 0 spiro atoms. The lowest BCUT2D eigenvalue weighted by atomic mass is 10.1. The number of aryl methyl sites for hydroxylation is 1. The summed E-state index contributed by atoms with van der Waals surface area (Å²) in [5.74, 6) is 0.371. The number of nitrogens with one attached hydrogen (secondary N) is 2. The largest absolute Gasteiger partial charge is 0.443 e. The van der Waals surface area contributed by atoms with Gasteiger partial charge >= 0.3 is 6.09 Å². The molecule has 2 amide bonds. The van der Waals surface area contributed by atoms with Crippen molar-refractivity contribution >= 4 is 28.9 Å². The van der Waals surface area contributed by atoms with Gasteiger partial charge in [0, 0.05) is 35.5 Å². The zero-order valence-electron chi connectivity index (χ0n) is 20.3. The van der Waals surface area contributed by atoms with Crippen LogP contribution in [-0.2, 0) is 11.2 Å². The quantitative estimate of drug-likeness (QED) is 0.566. The summed E-state index contributed by atoms with van der Waals surface area (Å²) >= 11 is 0. The van der Waals surface area contributed by atoms with E-state index < -0.39 is 11.7 Å². The van der Waals surface area contributed by atoms with E-state index in [4.69, 9.17) is 14.7 Å². The molecule has 174 valence electrons. The van der Waals surface area contributed by atoms with Gasteiger partial charge in [0.1, 0.15) is 16.9 Å². The van der Waals surface area contributed by atoms with E-state index in [1.165, 1.54) is 4.90 Å². The van der Waals surface area contributed by atoms with Gasteiger partial charge in [-0.05, 0) is 60.6 Å². The summed E-state index contributed by atoms with van der Waals surface area (Å²) in [7, 11) is 0. The van der Waals surface area contributed by atoms with Crippen LogP contribution in [-0.4, -0.2) is 49.5 Å². The van der Waals surface area contributed by atoms with Crippen molar-refractivity contribution in [3.8, 4) is 11.3 Å². The zero-order chi connectivity index (χ0) is 24.1. The van der Waals surface area contributed by atoms with Crippen LogP contribution < -0.4 is 5.32 Å². The van der Waals surface area contributed by atoms with Crippen LogP contribution in [0.1, 0.15) is 63.3 Å². The number of carbonyl (C=O) groups is 2. The minimum absolute atomic E-state index is 0.162. The highest BCUT2D eigenvalue weighted by atomic mass is 16.6. The first-order valence-electron chi connectivity index (χ1n) is 11.1. The third-order valence-electron chi connectivity index (χ3n) is 5.23. The van der Waals surface area contributed by atoms with Crippen molar-refractivity contribution in [1.29, 1.82) is 0 Å². The summed E-state index contributed by atoms with van der Waals surface area (Å²) in [4.78, 5) is 39.8. The average molecular weight is 450 g/mol. The predicted molar refractivity (Wildman–Crippen MR) is 128 cm³/mol. The van der Waals surface area contributed by atoms with Crippen molar-refractivity contribution in [1.82, 2.24) is 19.9 Å². The van der Waals surface area contributed by atoms with E-state index in [-0.39, 0.29) is 18.0 Å². The van der Waals surface area contributed by atoms with Gasteiger partial charge in [-0.1, -0.05) is 12.1 Å². The highest BCUT2D eigenvalue weighted by Gasteiger charge is 2.34. The number of fused-ring (bicyclic) bond motifs is 2. The number of rotatable bonds is 2. The van der Waals surface area contributed by atoms with E-state index in [0.717, 1.165) is 39.5 Å². The van der Waals surface area contributed by atoms with Crippen LogP contribution in [0.3, 0.4) is 0 Å². The Bertz CT molecular complexity index is 1250. The first kappa shape index (κ1) is 22.8. The summed E-state index contributed by atoms with van der Waals surface area (Å²) in [5, 5.41) is 3.42. The van der Waals surface area contributed by atoms with Crippen LogP contribution in [0.4, 0.5) is 10.6 Å². The lowest BCUT2D eigenvalue weighted by molar-refractivity contribution is 0.0233. The maximum absolute atomic E-state index is 13.1.